The number of methoxy groups -OCH3 is 1. The second kappa shape index (κ2) is 31.2. The molecule has 0 aliphatic carbocycles. The third kappa shape index (κ3) is 15.7. The van der Waals surface area contributed by atoms with Crippen molar-refractivity contribution in [3.05, 3.63) is 188 Å². The van der Waals surface area contributed by atoms with Gasteiger partial charge in [-0.3, -0.25) is 0 Å². The number of aromatic nitrogens is 2. The fourth-order valence-electron chi connectivity index (χ4n) is 11.8. The number of thiophene rings is 6. The van der Waals surface area contributed by atoms with E-state index in [1.54, 1.807) is 7.11 Å². The highest BCUT2D eigenvalue weighted by Gasteiger charge is 2.20. The van der Waals surface area contributed by atoms with Crippen molar-refractivity contribution in [1.29, 1.82) is 10.5 Å². The van der Waals surface area contributed by atoms with Crippen LogP contribution in [0.25, 0.3) is 95.6 Å². The van der Waals surface area contributed by atoms with Crippen LogP contribution in [-0.4, -0.2) is 16.2 Å². The van der Waals surface area contributed by atoms with Crippen molar-refractivity contribution in [3.63, 3.8) is 0 Å². The molecule has 0 atom stereocenters. The first-order valence-corrected chi connectivity index (χ1v) is 37.4. The number of unbranched alkanes of at least 4 members (excludes halogenated alkanes) is 8. The maximum Gasteiger partial charge on any atom is 0.119 e. The number of allylic oxidation sites excluding steroid dienone is 2. The van der Waals surface area contributed by atoms with Crippen molar-refractivity contribution in [3.8, 4) is 58.3 Å². The van der Waals surface area contributed by atoms with Crippen molar-refractivity contribution in [2.45, 2.75) is 145 Å². The summed E-state index contributed by atoms with van der Waals surface area (Å²) < 4.78 is 15.7. The van der Waals surface area contributed by atoms with E-state index in [1.165, 1.54) is 143 Å². The van der Waals surface area contributed by atoms with Gasteiger partial charge in [0.25, 0.3) is 0 Å². The summed E-state index contributed by atoms with van der Waals surface area (Å²) in [5.41, 5.74) is 14.6. The van der Waals surface area contributed by atoms with Crippen LogP contribution in [-0.2, 0) is 25.9 Å². The van der Waals surface area contributed by atoms with Crippen LogP contribution < -0.4 is 9.64 Å². The Balaban J connectivity index is 0.822. The molecule has 0 aliphatic heterocycles. The van der Waals surface area contributed by atoms with Gasteiger partial charge in [0.05, 0.1) is 19.2 Å². The van der Waals surface area contributed by atoms with Gasteiger partial charge in [0.15, 0.2) is 0 Å². The quantitative estimate of drug-likeness (QED) is 0.0332. The molecule has 0 spiro atoms. The molecule has 0 radical (unpaired) electrons. The van der Waals surface area contributed by atoms with Crippen LogP contribution >= 0.6 is 68.0 Å². The third-order valence-corrected chi connectivity index (χ3v) is 24.1. The predicted molar refractivity (Wildman–Crippen MR) is 402 cm³/mol. The lowest BCUT2D eigenvalue weighted by Crippen LogP contribution is -2.09. The number of hydrogen-bond acceptors (Lipinski definition) is 10. The smallest absolute Gasteiger partial charge is 0.119 e. The molecule has 0 fully saturated rings. The molecule has 11 aromatic rings. The van der Waals surface area contributed by atoms with Crippen molar-refractivity contribution in [2.24, 2.45) is 0 Å². The molecule has 91 heavy (non-hydrogen) atoms. The van der Waals surface area contributed by atoms with Gasteiger partial charge in [-0.05, 0) is 220 Å². The molecule has 8 heterocycles. The van der Waals surface area contributed by atoms with Gasteiger partial charge in [-0.25, -0.2) is 0 Å². The molecule has 11 rings (SSSR count). The van der Waals surface area contributed by atoms with E-state index in [0.717, 1.165) is 97.0 Å². The maximum atomic E-state index is 9.52. The fraction of sp³-hybridized carbons (Fsp3) is 0.291. The molecule has 6 nitrogen and oxygen atoms in total. The molecule has 8 aromatic heterocycles. The van der Waals surface area contributed by atoms with E-state index >= 15 is 0 Å². The van der Waals surface area contributed by atoms with Gasteiger partial charge in [0.2, 0.25) is 0 Å². The van der Waals surface area contributed by atoms with E-state index in [4.69, 9.17) is 4.74 Å². The largest absolute Gasteiger partial charge is 0.497 e. The Bertz CT molecular complexity index is 4120. The molecule has 0 saturated carbocycles. The summed E-state index contributed by atoms with van der Waals surface area (Å²) in [5.74, 6) is 0.829. The van der Waals surface area contributed by atoms with Crippen LogP contribution in [0.3, 0.4) is 0 Å². The normalized spacial score (nSPS) is 12.2. The zero-order valence-corrected chi connectivity index (χ0v) is 58.5. The number of aryl methyl sites for hydroxylation is 2. The number of anilines is 3. The van der Waals surface area contributed by atoms with E-state index < -0.39 is 0 Å². The SMILES string of the molecule is CCCCCCc1cc(/C=C/c2ccc(/C=C(/C)C#N)n2CCCC)sc1-c1cc2sc(-c3ccc(N(c4ccc(OC)cc4)c4ccc(-c5cc6sc(-c7sc(/C=C/c8ccc(/C=C(/C)C#N)n8CCCC)cc7CCCCCC)cc6s5)cc4)cc3)cc2s1. The van der Waals surface area contributed by atoms with Gasteiger partial charge in [0, 0.05) is 122 Å². The Hall–Kier alpha value is -7.52. The van der Waals surface area contributed by atoms with Crippen LogP contribution in [0.15, 0.2) is 145 Å². The van der Waals surface area contributed by atoms with E-state index in [2.05, 4.69) is 199 Å². The van der Waals surface area contributed by atoms with Gasteiger partial charge >= 0.3 is 0 Å². The van der Waals surface area contributed by atoms with Crippen molar-refractivity contribution >= 4 is 140 Å². The fourth-order valence-corrected chi connectivity index (χ4v) is 19.1. The first-order chi connectivity index (χ1) is 44.6. The molecule has 0 aliphatic rings. The first-order valence-electron chi connectivity index (χ1n) is 32.5. The van der Waals surface area contributed by atoms with Crippen LogP contribution in [0.2, 0.25) is 0 Å². The first kappa shape index (κ1) is 65.0. The standard InChI is InChI=1S/C79H81N5OS6/c1-8-12-16-18-20-58-46-68(40-36-60-30-32-65(44-54(5)52-80)82(60)42-14-10-3)86-78(58)76-50-74-72(90-76)48-70(88-74)56-22-26-62(27-23-56)84(64-34-38-67(85-7)39-35-64)63-28-24-57(25-29-63)71-49-73-75(89-71)51-77(91-73)79-59(21-19-17-13-9-2)47-69(87-79)41-37-61-31-33-66(45-55(6)53-81)83(61)43-15-11-4/h22-41,44-51H,8-21,42-43H2,1-7H3/b40-36+,41-37+,54-44-,55-45-. The molecule has 0 saturated heterocycles. The average Bonchev–Trinajstić information content (AvgIpc) is 1.73. The van der Waals surface area contributed by atoms with E-state index in [0.29, 0.717) is 0 Å². The number of nitrogens with zero attached hydrogens (tertiary/aromatic N) is 5. The summed E-state index contributed by atoms with van der Waals surface area (Å²) >= 11 is 11.4. The highest BCUT2D eigenvalue weighted by molar-refractivity contribution is 7.33. The summed E-state index contributed by atoms with van der Waals surface area (Å²) in [6, 6.07) is 54.3. The molecule has 464 valence electrons. The maximum absolute atomic E-state index is 9.52. The number of ether oxygens (including phenoxy) is 1. The van der Waals surface area contributed by atoms with Gasteiger partial charge in [-0.2, -0.15) is 10.5 Å². The topological polar surface area (TPSA) is 69.9 Å². The number of benzene rings is 3. The molecule has 0 amide bonds. The Kier molecular flexibility index (Phi) is 22.3. The number of hydrogen-bond donors (Lipinski definition) is 0. The van der Waals surface area contributed by atoms with Gasteiger partial charge in [0.1, 0.15) is 5.75 Å². The van der Waals surface area contributed by atoms with Crippen LogP contribution in [0.4, 0.5) is 17.1 Å². The van der Waals surface area contributed by atoms with Crippen LogP contribution in [0.1, 0.15) is 162 Å². The zero-order valence-electron chi connectivity index (χ0n) is 53.6. The van der Waals surface area contributed by atoms with E-state index in [1.807, 2.05) is 106 Å². The molecule has 12 heteroatoms. The number of rotatable bonds is 30. The van der Waals surface area contributed by atoms with Crippen LogP contribution in [0, 0.1) is 22.7 Å². The highest BCUT2D eigenvalue weighted by atomic mass is 32.1. The Labute approximate surface area is 563 Å². The lowest BCUT2D eigenvalue weighted by molar-refractivity contribution is 0.415. The Morgan fingerprint density at radius 3 is 1.19 bits per heavy atom. The van der Waals surface area contributed by atoms with E-state index in [-0.39, 0.29) is 0 Å². The molecular weight excluding hydrogens is 1230 g/mol. The Morgan fingerprint density at radius 2 is 0.802 bits per heavy atom. The van der Waals surface area contributed by atoms with Crippen molar-refractivity contribution < 1.29 is 4.74 Å². The summed E-state index contributed by atoms with van der Waals surface area (Å²) in [7, 11) is 1.72. The molecule has 0 bridgehead atoms. The molecule has 3 aromatic carbocycles. The molecular formula is C79H81N5OS6. The van der Waals surface area contributed by atoms with Gasteiger partial charge in [-0.1, -0.05) is 103 Å². The lowest BCUT2D eigenvalue weighted by Gasteiger charge is -2.26. The number of nitriles is 2. The zero-order chi connectivity index (χ0) is 63.2. The average molecular weight is 1310 g/mol. The van der Waals surface area contributed by atoms with E-state index in [9.17, 15) is 10.5 Å². The Morgan fingerprint density at radius 1 is 0.429 bits per heavy atom. The highest BCUT2D eigenvalue weighted by Crippen LogP contribution is 2.48. The monoisotopic (exact) mass is 1310 g/mol. The minimum Gasteiger partial charge on any atom is -0.497 e. The summed E-state index contributed by atoms with van der Waals surface area (Å²) in [6.45, 7) is 14.7. The second-order valence-electron chi connectivity index (χ2n) is 23.6. The predicted octanol–water partition coefficient (Wildman–Crippen LogP) is 26.2. The summed E-state index contributed by atoms with van der Waals surface area (Å²) in [4.78, 5) is 13.0. The lowest BCUT2D eigenvalue weighted by atomic mass is 10.1. The second-order valence-corrected chi connectivity index (χ2v) is 30.1. The van der Waals surface area contributed by atoms with Crippen LogP contribution in [0.5, 0.6) is 5.75 Å². The third-order valence-electron chi connectivity index (χ3n) is 16.8. The summed E-state index contributed by atoms with van der Waals surface area (Å²) in [6.07, 6.45) is 29.6. The summed E-state index contributed by atoms with van der Waals surface area (Å²) in [5, 5.41) is 19.0. The van der Waals surface area contributed by atoms with Gasteiger partial charge < -0.3 is 18.8 Å². The minimum absolute atomic E-state index is 0.720. The minimum atomic E-state index is 0.720. The van der Waals surface area contributed by atoms with Gasteiger partial charge in [-0.15, -0.1) is 68.0 Å². The number of fused-ring (bicyclic) bond motifs is 2. The van der Waals surface area contributed by atoms with Crippen molar-refractivity contribution in [1.82, 2.24) is 9.13 Å². The van der Waals surface area contributed by atoms with Crippen molar-refractivity contribution in [2.75, 3.05) is 12.0 Å². The molecule has 0 N–H and O–H groups in total. The molecule has 0 unspecified atom stereocenters.